The molecule has 0 aromatic heterocycles. The number of hydrogen-bond donors (Lipinski definition) is 0. The second kappa shape index (κ2) is 6.33. The summed E-state index contributed by atoms with van der Waals surface area (Å²) in [6.07, 6.45) is 2.17. The van der Waals surface area contributed by atoms with Gasteiger partial charge in [0.25, 0.3) is 0 Å². The number of nitrogens with zero attached hydrogens (tertiary/aromatic N) is 3. The van der Waals surface area contributed by atoms with Crippen molar-refractivity contribution < 1.29 is 13.9 Å². The van der Waals surface area contributed by atoms with E-state index >= 15 is 0 Å². The van der Waals surface area contributed by atoms with Crippen molar-refractivity contribution in [1.29, 1.82) is 0 Å². The molecule has 144 valence electrons. The number of hydrogen-bond acceptors (Lipinski definition) is 4. The van der Waals surface area contributed by atoms with Gasteiger partial charge in [-0.3, -0.25) is 4.79 Å². The van der Waals surface area contributed by atoms with Crippen molar-refractivity contribution in [3.63, 3.8) is 0 Å². The maximum Gasteiger partial charge on any atom is 0.219 e. The number of para-hydroxylation sites is 1. The van der Waals surface area contributed by atoms with E-state index in [-0.39, 0.29) is 17.8 Å². The van der Waals surface area contributed by atoms with Crippen molar-refractivity contribution >= 4 is 11.6 Å². The number of fused-ring (bicyclic) bond motifs is 4. The molecule has 1 amide bonds. The summed E-state index contributed by atoms with van der Waals surface area (Å²) in [7, 11) is 0. The van der Waals surface area contributed by atoms with Crippen LogP contribution < -0.4 is 4.74 Å². The fourth-order valence-electron chi connectivity index (χ4n) is 4.55. The summed E-state index contributed by atoms with van der Waals surface area (Å²) >= 11 is 0. The Kier molecular flexibility index (Phi) is 3.89. The van der Waals surface area contributed by atoms with Crippen LogP contribution in [0, 0.1) is 5.82 Å². The second-order valence-electron chi connectivity index (χ2n) is 7.71. The monoisotopic (exact) mass is 379 g/mol. The topological polar surface area (TPSA) is 45.1 Å². The van der Waals surface area contributed by atoms with Gasteiger partial charge in [-0.1, -0.05) is 30.3 Å². The zero-order valence-corrected chi connectivity index (χ0v) is 15.8. The normalized spacial score (nSPS) is 22.4. The molecule has 0 N–H and O–H groups in total. The van der Waals surface area contributed by atoms with E-state index in [0.29, 0.717) is 25.9 Å². The van der Waals surface area contributed by atoms with E-state index in [0.717, 1.165) is 29.0 Å². The van der Waals surface area contributed by atoms with Crippen molar-refractivity contribution in [2.75, 3.05) is 13.1 Å². The second-order valence-corrected chi connectivity index (χ2v) is 7.71. The van der Waals surface area contributed by atoms with Crippen LogP contribution >= 0.6 is 0 Å². The molecule has 5 rings (SSSR count). The number of likely N-dealkylation sites (tertiary alicyclic amines) is 1. The Balaban J connectivity index is 1.53. The van der Waals surface area contributed by atoms with Crippen LogP contribution in [-0.4, -0.2) is 40.3 Å². The van der Waals surface area contributed by atoms with Crippen LogP contribution in [0.15, 0.2) is 53.6 Å². The largest absolute Gasteiger partial charge is 0.466 e. The molecule has 3 aliphatic heterocycles. The molecule has 1 saturated heterocycles. The average Bonchev–Trinajstić information content (AvgIpc) is 3.16. The molecule has 5 nitrogen and oxygen atoms in total. The summed E-state index contributed by atoms with van der Waals surface area (Å²) in [5.41, 5.74) is 2.46. The third-order valence-electron chi connectivity index (χ3n) is 6.07. The zero-order chi connectivity index (χ0) is 19.3. The summed E-state index contributed by atoms with van der Waals surface area (Å²) in [5, 5.41) is 7.06. The first kappa shape index (κ1) is 17.2. The fourth-order valence-corrected chi connectivity index (χ4v) is 4.55. The van der Waals surface area contributed by atoms with E-state index in [4.69, 9.17) is 9.84 Å². The van der Waals surface area contributed by atoms with E-state index < -0.39 is 5.72 Å². The van der Waals surface area contributed by atoms with Crippen LogP contribution in [-0.2, 0) is 4.79 Å². The van der Waals surface area contributed by atoms with Crippen LogP contribution in [0.25, 0.3) is 0 Å². The molecule has 2 aromatic rings. The lowest BCUT2D eigenvalue weighted by atomic mass is 9.90. The van der Waals surface area contributed by atoms with Gasteiger partial charge in [-0.2, -0.15) is 5.10 Å². The van der Waals surface area contributed by atoms with Gasteiger partial charge in [0.1, 0.15) is 11.6 Å². The highest BCUT2D eigenvalue weighted by atomic mass is 19.1. The maximum atomic E-state index is 13.4. The van der Waals surface area contributed by atoms with Crippen LogP contribution in [0.1, 0.15) is 43.4 Å². The van der Waals surface area contributed by atoms with Gasteiger partial charge < -0.3 is 9.64 Å². The van der Waals surface area contributed by atoms with Gasteiger partial charge in [-0.25, -0.2) is 9.40 Å². The molecule has 0 bridgehead atoms. The lowest BCUT2D eigenvalue weighted by molar-refractivity contribution is -0.158. The van der Waals surface area contributed by atoms with Crippen molar-refractivity contribution in [3.05, 3.63) is 65.5 Å². The SMILES string of the molecule is CC(=O)N1CCC2(CC1)Oc1ccccc1C1CC(c3ccc(F)cc3)=NN12. The molecule has 28 heavy (non-hydrogen) atoms. The third-order valence-corrected chi connectivity index (χ3v) is 6.07. The minimum atomic E-state index is -0.549. The number of hydrazone groups is 1. The Labute approximate surface area is 163 Å². The van der Waals surface area contributed by atoms with Crippen molar-refractivity contribution in [2.24, 2.45) is 5.10 Å². The van der Waals surface area contributed by atoms with Crippen LogP contribution in [0.2, 0.25) is 0 Å². The van der Waals surface area contributed by atoms with Gasteiger partial charge in [-0.05, 0) is 23.8 Å². The van der Waals surface area contributed by atoms with Gasteiger partial charge in [0.15, 0.2) is 0 Å². The Morgan fingerprint density at radius 1 is 1.14 bits per heavy atom. The van der Waals surface area contributed by atoms with Crippen molar-refractivity contribution in [3.8, 4) is 5.75 Å². The van der Waals surface area contributed by atoms with Gasteiger partial charge in [-0.15, -0.1) is 0 Å². The Morgan fingerprint density at radius 2 is 1.86 bits per heavy atom. The predicted molar refractivity (Wildman–Crippen MR) is 103 cm³/mol. The summed E-state index contributed by atoms with van der Waals surface area (Å²) in [4.78, 5) is 13.6. The van der Waals surface area contributed by atoms with E-state index in [1.807, 2.05) is 23.1 Å². The highest BCUT2D eigenvalue weighted by molar-refractivity contribution is 6.02. The molecule has 3 heterocycles. The molecule has 1 atom stereocenters. The minimum absolute atomic E-state index is 0.0916. The maximum absolute atomic E-state index is 13.4. The summed E-state index contributed by atoms with van der Waals surface area (Å²) in [6, 6.07) is 14.7. The number of benzene rings is 2. The third kappa shape index (κ3) is 2.66. The number of rotatable bonds is 1. The summed E-state index contributed by atoms with van der Waals surface area (Å²) in [5.74, 6) is 0.747. The molecule has 3 aliphatic rings. The predicted octanol–water partition coefficient (Wildman–Crippen LogP) is 3.71. The van der Waals surface area contributed by atoms with Crippen LogP contribution in [0.4, 0.5) is 4.39 Å². The number of halogens is 1. The van der Waals surface area contributed by atoms with Crippen molar-refractivity contribution in [2.45, 2.75) is 38.0 Å². The molecule has 1 unspecified atom stereocenters. The quantitative estimate of drug-likeness (QED) is 0.759. The van der Waals surface area contributed by atoms with E-state index in [1.165, 1.54) is 12.1 Å². The molecular formula is C22H22FN3O2. The Morgan fingerprint density at radius 3 is 2.57 bits per heavy atom. The van der Waals surface area contributed by atoms with Crippen molar-refractivity contribution in [1.82, 2.24) is 9.91 Å². The van der Waals surface area contributed by atoms with Gasteiger partial charge >= 0.3 is 0 Å². The number of ether oxygens (including phenoxy) is 1. The standard InChI is InChI=1S/C22H22FN3O2/c1-15(27)25-12-10-22(11-13-25)26-20(18-4-2-3-5-21(18)28-22)14-19(24-26)16-6-8-17(23)9-7-16/h2-9,20H,10-14H2,1H3. The molecule has 0 saturated carbocycles. The number of carbonyl (C=O) groups excluding carboxylic acids is 1. The lowest BCUT2D eigenvalue weighted by Gasteiger charge is -2.51. The van der Waals surface area contributed by atoms with E-state index in [2.05, 4.69) is 11.1 Å². The van der Waals surface area contributed by atoms with Crippen LogP contribution in [0.5, 0.6) is 5.75 Å². The number of amides is 1. The first-order chi connectivity index (χ1) is 13.6. The number of piperidine rings is 1. The minimum Gasteiger partial charge on any atom is -0.466 e. The molecule has 6 heteroatoms. The first-order valence-electron chi connectivity index (χ1n) is 9.72. The number of carbonyl (C=O) groups is 1. The molecule has 0 aliphatic carbocycles. The summed E-state index contributed by atoms with van der Waals surface area (Å²) in [6.45, 7) is 2.92. The molecule has 1 fully saturated rings. The van der Waals surface area contributed by atoms with Crippen LogP contribution in [0.3, 0.4) is 0 Å². The average molecular weight is 379 g/mol. The Hall–Kier alpha value is -2.89. The molecular weight excluding hydrogens is 357 g/mol. The fraction of sp³-hybridized carbons (Fsp3) is 0.364. The molecule has 1 spiro atoms. The highest BCUT2D eigenvalue weighted by Crippen LogP contribution is 2.49. The summed E-state index contributed by atoms with van der Waals surface area (Å²) < 4.78 is 19.9. The zero-order valence-electron chi connectivity index (χ0n) is 15.8. The first-order valence-corrected chi connectivity index (χ1v) is 9.72. The molecule has 0 radical (unpaired) electrons. The van der Waals surface area contributed by atoms with E-state index in [9.17, 15) is 9.18 Å². The van der Waals surface area contributed by atoms with Gasteiger partial charge in [0.05, 0.1) is 11.8 Å². The van der Waals surface area contributed by atoms with Gasteiger partial charge in [0.2, 0.25) is 11.6 Å². The Bertz CT molecular complexity index is 949. The lowest BCUT2D eigenvalue weighted by Crippen LogP contribution is -2.59. The smallest absolute Gasteiger partial charge is 0.219 e. The highest BCUT2D eigenvalue weighted by Gasteiger charge is 2.51. The van der Waals surface area contributed by atoms with Gasteiger partial charge in [0, 0.05) is 44.8 Å². The van der Waals surface area contributed by atoms with E-state index in [1.54, 1.807) is 19.1 Å². The molecule has 2 aromatic carbocycles.